The van der Waals surface area contributed by atoms with Gasteiger partial charge in [0, 0.05) is 22.8 Å². The van der Waals surface area contributed by atoms with E-state index in [1.54, 1.807) is 47.1 Å². The third-order valence-corrected chi connectivity index (χ3v) is 4.97. The number of halogens is 1. The van der Waals surface area contributed by atoms with E-state index in [4.69, 9.17) is 27.2 Å². The number of nitrogens with one attached hydrogen (secondary N) is 3. The lowest BCUT2D eigenvalue weighted by Crippen LogP contribution is -2.32. The van der Waals surface area contributed by atoms with Crippen LogP contribution in [0.2, 0.25) is 5.02 Å². The van der Waals surface area contributed by atoms with Gasteiger partial charge in [0.1, 0.15) is 12.0 Å². The lowest BCUT2D eigenvalue weighted by molar-refractivity contribution is 0.115. The molecule has 1 aromatic heterocycles. The van der Waals surface area contributed by atoms with Crippen molar-refractivity contribution in [1.82, 2.24) is 4.57 Å². The molecule has 2 aliphatic rings. The van der Waals surface area contributed by atoms with Gasteiger partial charge in [-0.05, 0) is 61.1 Å². The Morgan fingerprint density at radius 2 is 1.90 bits per heavy atom. The van der Waals surface area contributed by atoms with E-state index in [1.165, 1.54) is 6.08 Å². The first-order valence-corrected chi connectivity index (χ1v) is 9.55. The molecule has 2 aromatic rings. The molecule has 0 fully saturated rings. The second-order valence-electron chi connectivity index (χ2n) is 6.62. The number of rotatable bonds is 4. The minimum Gasteiger partial charge on any atom is -0.355 e. The standard InChI is InChI=1S/C22H19ClN4O2/c1-2-29-20-10-4-14-11-17(13-3-9-18(24)19(25)12-13)22(28)27(21(14)26-20)16-7-5-15(23)6-8-16/h3-12,20,24-26H,2H2,1H3. The van der Waals surface area contributed by atoms with E-state index >= 15 is 0 Å². The van der Waals surface area contributed by atoms with E-state index < -0.39 is 0 Å². The van der Waals surface area contributed by atoms with Gasteiger partial charge in [-0.2, -0.15) is 0 Å². The smallest absolute Gasteiger partial charge is 0.264 e. The second kappa shape index (κ2) is 7.66. The molecule has 1 aromatic carbocycles. The number of aromatic nitrogens is 1. The largest absolute Gasteiger partial charge is 0.355 e. The van der Waals surface area contributed by atoms with Crippen LogP contribution >= 0.6 is 11.6 Å². The summed E-state index contributed by atoms with van der Waals surface area (Å²) in [6, 6.07) is 8.84. The van der Waals surface area contributed by atoms with Gasteiger partial charge in [-0.3, -0.25) is 20.2 Å². The number of allylic oxidation sites excluding steroid dienone is 4. The van der Waals surface area contributed by atoms with Gasteiger partial charge in [-0.15, -0.1) is 0 Å². The molecule has 29 heavy (non-hydrogen) atoms. The Kier molecular flexibility index (Phi) is 5.05. The quantitative estimate of drug-likeness (QED) is 0.661. The number of hydrogen-bond acceptors (Lipinski definition) is 5. The molecule has 0 spiro atoms. The summed E-state index contributed by atoms with van der Waals surface area (Å²) in [4.78, 5) is 13.5. The van der Waals surface area contributed by atoms with Crippen molar-refractivity contribution in [2.24, 2.45) is 0 Å². The van der Waals surface area contributed by atoms with Crippen molar-refractivity contribution in [3.05, 3.63) is 81.1 Å². The van der Waals surface area contributed by atoms with Crippen LogP contribution in [-0.2, 0) is 4.74 Å². The predicted octanol–water partition coefficient (Wildman–Crippen LogP) is 4.28. The molecule has 6 nitrogen and oxygen atoms in total. The summed E-state index contributed by atoms with van der Waals surface area (Å²) < 4.78 is 7.25. The number of anilines is 1. The fourth-order valence-corrected chi connectivity index (χ4v) is 3.44. The van der Waals surface area contributed by atoms with E-state index in [2.05, 4.69) is 5.32 Å². The maximum Gasteiger partial charge on any atom is 0.264 e. The summed E-state index contributed by atoms with van der Waals surface area (Å²) in [5, 5.41) is 19.5. The Balaban J connectivity index is 1.94. The van der Waals surface area contributed by atoms with Crippen molar-refractivity contribution >= 4 is 40.5 Å². The molecule has 146 valence electrons. The van der Waals surface area contributed by atoms with Crippen molar-refractivity contribution in [3.8, 4) is 5.69 Å². The van der Waals surface area contributed by atoms with E-state index in [-0.39, 0.29) is 23.2 Å². The molecule has 4 rings (SSSR count). The summed E-state index contributed by atoms with van der Waals surface area (Å²) in [6.45, 7) is 2.45. The van der Waals surface area contributed by atoms with Crippen molar-refractivity contribution in [3.63, 3.8) is 0 Å². The number of nitrogens with zero attached hydrogens (tertiary/aromatic N) is 1. The maximum atomic E-state index is 13.5. The van der Waals surface area contributed by atoms with Crippen LogP contribution in [0.25, 0.3) is 17.3 Å². The zero-order valence-corrected chi connectivity index (χ0v) is 16.5. The first-order chi connectivity index (χ1) is 14.0. The Labute approximate surface area is 172 Å². The minimum atomic E-state index is -0.334. The molecule has 1 unspecified atom stereocenters. The Hall–Kier alpha value is -3.22. The molecule has 1 aliphatic heterocycles. The van der Waals surface area contributed by atoms with Gasteiger partial charge in [0.05, 0.1) is 17.1 Å². The van der Waals surface area contributed by atoms with Crippen molar-refractivity contribution in [2.45, 2.75) is 13.2 Å². The van der Waals surface area contributed by atoms with Crippen LogP contribution in [0.4, 0.5) is 5.82 Å². The highest BCUT2D eigenvalue weighted by Crippen LogP contribution is 2.29. The van der Waals surface area contributed by atoms with Crippen LogP contribution in [0, 0.1) is 10.8 Å². The SMILES string of the molecule is CCOC1C=Cc2cc(C3=CC(=N)C(=N)C=C3)c(=O)n(-c3ccc(Cl)cc3)c2N1. The van der Waals surface area contributed by atoms with Crippen LogP contribution in [0.3, 0.4) is 0 Å². The second-order valence-corrected chi connectivity index (χ2v) is 7.06. The summed E-state index contributed by atoms with van der Waals surface area (Å²) in [5.41, 5.74) is 2.50. The Bertz CT molecular complexity index is 1160. The van der Waals surface area contributed by atoms with Gasteiger partial charge in [-0.1, -0.05) is 23.8 Å². The fraction of sp³-hybridized carbons (Fsp3) is 0.136. The van der Waals surface area contributed by atoms with Gasteiger partial charge in [0.2, 0.25) is 0 Å². The summed E-state index contributed by atoms with van der Waals surface area (Å²) >= 11 is 6.03. The van der Waals surface area contributed by atoms with Crippen LogP contribution < -0.4 is 10.9 Å². The van der Waals surface area contributed by atoms with Crippen LogP contribution in [0.5, 0.6) is 0 Å². The summed E-state index contributed by atoms with van der Waals surface area (Å²) in [7, 11) is 0. The van der Waals surface area contributed by atoms with Crippen molar-refractivity contribution < 1.29 is 4.74 Å². The summed E-state index contributed by atoms with van der Waals surface area (Å²) in [6.07, 6.45) is 8.25. The van der Waals surface area contributed by atoms with Gasteiger partial charge < -0.3 is 10.1 Å². The zero-order valence-electron chi connectivity index (χ0n) is 15.7. The Morgan fingerprint density at radius 1 is 1.14 bits per heavy atom. The summed E-state index contributed by atoms with van der Waals surface area (Å²) in [5.74, 6) is 0.630. The number of benzene rings is 1. The van der Waals surface area contributed by atoms with Gasteiger partial charge >= 0.3 is 0 Å². The molecule has 3 N–H and O–H groups in total. The van der Waals surface area contributed by atoms with Gasteiger partial charge in [0.15, 0.2) is 0 Å². The minimum absolute atomic E-state index is 0.0720. The van der Waals surface area contributed by atoms with E-state index in [0.717, 1.165) is 5.56 Å². The van der Waals surface area contributed by atoms with Crippen LogP contribution in [0.1, 0.15) is 18.1 Å². The van der Waals surface area contributed by atoms with E-state index in [1.807, 2.05) is 19.1 Å². The third kappa shape index (κ3) is 3.60. The maximum absolute atomic E-state index is 13.5. The Morgan fingerprint density at radius 3 is 2.59 bits per heavy atom. The van der Waals surface area contributed by atoms with Crippen LogP contribution in [0.15, 0.2) is 59.4 Å². The molecular formula is C22H19ClN4O2. The molecule has 0 radical (unpaired) electrons. The van der Waals surface area contributed by atoms with E-state index in [0.29, 0.717) is 34.3 Å². The predicted molar refractivity (Wildman–Crippen MR) is 118 cm³/mol. The third-order valence-electron chi connectivity index (χ3n) is 4.72. The molecule has 0 saturated heterocycles. The molecule has 7 heteroatoms. The zero-order chi connectivity index (χ0) is 20.5. The molecule has 0 bridgehead atoms. The lowest BCUT2D eigenvalue weighted by Gasteiger charge is -2.26. The lowest BCUT2D eigenvalue weighted by atomic mass is 9.96. The molecule has 2 heterocycles. The first-order valence-electron chi connectivity index (χ1n) is 9.18. The van der Waals surface area contributed by atoms with Crippen molar-refractivity contribution in [1.29, 1.82) is 10.8 Å². The molecule has 1 aliphatic carbocycles. The molecular weight excluding hydrogens is 388 g/mol. The number of pyridine rings is 1. The molecule has 0 amide bonds. The number of hydrogen-bond donors (Lipinski definition) is 3. The van der Waals surface area contributed by atoms with Crippen molar-refractivity contribution in [2.75, 3.05) is 11.9 Å². The fourth-order valence-electron chi connectivity index (χ4n) is 3.32. The average molecular weight is 407 g/mol. The first kappa shape index (κ1) is 19.1. The molecule has 1 atom stereocenters. The number of ether oxygens (including phenoxy) is 1. The van der Waals surface area contributed by atoms with Gasteiger partial charge in [-0.25, -0.2) is 0 Å². The highest BCUT2D eigenvalue weighted by molar-refractivity contribution is 6.50. The monoisotopic (exact) mass is 406 g/mol. The van der Waals surface area contributed by atoms with Gasteiger partial charge in [0.25, 0.3) is 5.56 Å². The van der Waals surface area contributed by atoms with Crippen LogP contribution in [-0.4, -0.2) is 28.8 Å². The normalized spacial score (nSPS) is 17.7. The average Bonchev–Trinajstić information content (AvgIpc) is 2.71. The highest BCUT2D eigenvalue weighted by atomic mass is 35.5. The highest BCUT2D eigenvalue weighted by Gasteiger charge is 2.22. The number of fused-ring (bicyclic) bond motifs is 1. The molecule has 0 saturated carbocycles. The topological polar surface area (TPSA) is 91.0 Å². The van der Waals surface area contributed by atoms with E-state index in [9.17, 15) is 4.79 Å².